The van der Waals surface area contributed by atoms with Gasteiger partial charge < -0.3 is 10.2 Å². The number of hydrogen-bond donors (Lipinski definition) is 1. The second kappa shape index (κ2) is 4.06. The van der Waals surface area contributed by atoms with Gasteiger partial charge in [-0.05, 0) is 43.9 Å². The van der Waals surface area contributed by atoms with Crippen molar-refractivity contribution >= 4 is 5.69 Å². The van der Waals surface area contributed by atoms with Crippen molar-refractivity contribution in [2.24, 2.45) is 5.92 Å². The fourth-order valence-electron chi connectivity index (χ4n) is 2.96. The number of rotatable bonds is 2. The Balaban J connectivity index is 1.73. The lowest BCUT2D eigenvalue weighted by molar-refractivity contribution is 0.255. The first-order valence-corrected chi connectivity index (χ1v) is 6.22. The van der Waals surface area contributed by atoms with Crippen molar-refractivity contribution in [1.82, 2.24) is 9.88 Å². The number of anilines is 1. The first-order valence-electron chi connectivity index (χ1n) is 6.22. The van der Waals surface area contributed by atoms with Crippen molar-refractivity contribution in [1.29, 1.82) is 0 Å². The van der Waals surface area contributed by atoms with E-state index in [0.29, 0.717) is 6.04 Å². The van der Waals surface area contributed by atoms with E-state index < -0.39 is 0 Å². The van der Waals surface area contributed by atoms with Gasteiger partial charge in [-0.1, -0.05) is 0 Å². The standard InChI is InChI=1S/C13H19N3/c1-10-2-5-14-8-13(10)15-12-4-7-16-6-3-11(12)9-16/h2,5,8,11-12,15H,3-4,6-7,9H2,1H3. The Morgan fingerprint density at radius 2 is 2.25 bits per heavy atom. The third-order valence-electron chi connectivity index (χ3n) is 4.01. The molecular formula is C13H19N3. The van der Waals surface area contributed by atoms with Gasteiger partial charge >= 0.3 is 0 Å². The van der Waals surface area contributed by atoms with Crippen LogP contribution in [0.25, 0.3) is 0 Å². The number of piperidine rings is 1. The Bertz CT molecular complexity index is 377. The molecule has 2 aliphatic rings. The molecule has 3 unspecified atom stereocenters. The molecule has 2 aliphatic heterocycles. The fourth-order valence-corrected chi connectivity index (χ4v) is 2.96. The lowest BCUT2D eigenvalue weighted by Crippen LogP contribution is -2.39. The molecule has 3 rings (SSSR count). The summed E-state index contributed by atoms with van der Waals surface area (Å²) in [6.45, 7) is 5.99. The summed E-state index contributed by atoms with van der Waals surface area (Å²) in [4.78, 5) is 6.78. The van der Waals surface area contributed by atoms with Crippen LogP contribution in [-0.4, -0.2) is 35.6 Å². The van der Waals surface area contributed by atoms with Gasteiger partial charge in [-0.25, -0.2) is 0 Å². The maximum absolute atomic E-state index is 4.20. The number of nitrogens with zero attached hydrogens (tertiary/aromatic N) is 2. The topological polar surface area (TPSA) is 28.2 Å². The van der Waals surface area contributed by atoms with Crippen LogP contribution >= 0.6 is 0 Å². The summed E-state index contributed by atoms with van der Waals surface area (Å²) >= 11 is 0. The molecule has 3 nitrogen and oxygen atoms in total. The summed E-state index contributed by atoms with van der Waals surface area (Å²) in [6, 6.07) is 2.73. The molecular weight excluding hydrogens is 198 g/mol. The Hall–Kier alpha value is -1.09. The average molecular weight is 217 g/mol. The second-order valence-electron chi connectivity index (χ2n) is 5.08. The van der Waals surface area contributed by atoms with Crippen LogP contribution in [-0.2, 0) is 0 Å². The van der Waals surface area contributed by atoms with Crippen molar-refractivity contribution in [2.45, 2.75) is 25.8 Å². The molecule has 2 saturated heterocycles. The van der Waals surface area contributed by atoms with E-state index in [1.54, 1.807) is 0 Å². The van der Waals surface area contributed by atoms with Crippen LogP contribution in [0.2, 0.25) is 0 Å². The lowest BCUT2D eigenvalue weighted by atomic mass is 9.94. The van der Waals surface area contributed by atoms with E-state index >= 15 is 0 Å². The van der Waals surface area contributed by atoms with Crippen LogP contribution in [0.5, 0.6) is 0 Å². The first-order chi connectivity index (χ1) is 7.83. The van der Waals surface area contributed by atoms with Crippen molar-refractivity contribution in [3.63, 3.8) is 0 Å². The van der Waals surface area contributed by atoms with Gasteiger partial charge in [0.15, 0.2) is 0 Å². The summed E-state index contributed by atoms with van der Waals surface area (Å²) in [5.74, 6) is 0.841. The van der Waals surface area contributed by atoms with E-state index in [-0.39, 0.29) is 0 Å². The minimum atomic E-state index is 0.654. The summed E-state index contributed by atoms with van der Waals surface area (Å²) in [7, 11) is 0. The Labute approximate surface area is 96.9 Å². The minimum Gasteiger partial charge on any atom is -0.380 e. The molecule has 0 saturated carbocycles. The number of nitrogens with one attached hydrogen (secondary N) is 1. The van der Waals surface area contributed by atoms with Crippen LogP contribution in [0.3, 0.4) is 0 Å². The monoisotopic (exact) mass is 217 g/mol. The number of pyridine rings is 1. The van der Waals surface area contributed by atoms with Gasteiger partial charge in [0.2, 0.25) is 0 Å². The van der Waals surface area contributed by atoms with E-state index in [9.17, 15) is 0 Å². The Morgan fingerprint density at radius 3 is 3.12 bits per heavy atom. The molecule has 3 atom stereocenters. The van der Waals surface area contributed by atoms with Crippen LogP contribution in [0.15, 0.2) is 18.5 Å². The van der Waals surface area contributed by atoms with Crippen LogP contribution < -0.4 is 5.32 Å². The number of hydrogen-bond acceptors (Lipinski definition) is 3. The quantitative estimate of drug-likeness (QED) is 0.820. The molecule has 1 N–H and O–H groups in total. The van der Waals surface area contributed by atoms with E-state index in [1.165, 1.54) is 43.7 Å². The van der Waals surface area contributed by atoms with Gasteiger partial charge in [0, 0.05) is 25.3 Å². The molecule has 0 aliphatic carbocycles. The molecule has 16 heavy (non-hydrogen) atoms. The zero-order chi connectivity index (χ0) is 11.0. The minimum absolute atomic E-state index is 0.654. The molecule has 3 heteroatoms. The first kappa shape index (κ1) is 10.1. The Kier molecular flexibility index (Phi) is 2.56. The number of fused-ring (bicyclic) bond motifs is 2. The molecule has 0 radical (unpaired) electrons. The summed E-state index contributed by atoms with van der Waals surface area (Å²) in [6.07, 6.45) is 6.45. The molecule has 1 aromatic heterocycles. The second-order valence-corrected chi connectivity index (χ2v) is 5.08. The molecule has 3 heterocycles. The zero-order valence-electron chi connectivity index (χ0n) is 9.82. The SMILES string of the molecule is Cc1ccncc1NC1CCN2CCC1C2. The summed E-state index contributed by atoms with van der Waals surface area (Å²) in [5, 5.41) is 3.69. The smallest absolute Gasteiger partial charge is 0.0558 e. The van der Waals surface area contributed by atoms with E-state index in [4.69, 9.17) is 0 Å². The summed E-state index contributed by atoms with van der Waals surface area (Å²) in [5.41, 5.74) is 2.52. The van der Waals surface area contributed by atoms with Gasteiger partial charge in [-0.15, -0.1) is 0 Å². The number of aryl methyl sites for hydroxylation is 1. The molecule has 2 fully saturated rings. The van der Waals surface area contributed by atoms with Gasteiger partial charge in [-0.3, -0.25) is 4.98 Å². The lowest BCUT2D eigenvalue weighted by Gasteiger charge is -2.32. The van der Waals surface area contributed by atoms with Gasteiger partial charge in [-0.2, -0.15) is 0 Å². The highest BCUT2D eigenvalue weighted by atomic mass is 15.2. The van der Waals surface area contributed by atoms with Crippen molar-refractivity contribution in [2.75, 3.05) is 25.0 Å². The Morgan fingerprint density at radius 1 is 1.38 bits per heavy atom. The van der Waals surface area contributed by atoms with Crippen LogP contribution in [0.1, 0.15) is 18.4 Å². The number of aromatic nitrogens is 1. The molecule has 1 aromatic rings. The molecule has 86 valence electrons. The van der Waals surface area contributed by atoms with Gasteiger partial charge in [0.25, 0.3) is 0 Å². The third-order valence-corrected chi connectivity index (χ3v) is 4.01. The van der Waals surface area contributed by atoms with Crippen molar-refractivity contribution in [3.8, 4) is 0 Å². The van der Waals surface area contributed by atoms with Crippen molar-refractivity contribution in [3.05, 3.63) is 24.0 Å². The van der Waals surface area contributed by atoms with Gasteiger partial charge in [0.05, 0.1) is 11.9 Å². The predicted molar refractivity (Wildman–Crippen MR) is 65.5 cm³/mol. The van der Waals surface area contributed by atoms with Crippen LogP contribution in [0, 0.1) is 12.8 Å². The average Bonchev–Trinajstić information content (AvgIpc) is 2.68. The van der Waals surface area contributed by atoms with E-state index in [2.05, 4.69) is 28.2 Å². The van der Waals surface area contributed by atoms with Crippen LogP contribution in [0.4, 0.5) is 5.69 Å². The maximum Gasteiger partial charge on any atom is 0.0558 e. The third kappa shape index (κ3) is 1.80. The van der Waals surface area contributed by atoms with E-state index in [1.807, 2.05) is 12.4 Å². The predicted octanol–water partition coefficient (Wildman–Crippen LogP) is 1.90. The van der Waals surface area contributed by atoms with E-state index in [0.717, 1.165) is 5.92 Å². The highest BCUT2D eigenvalue weighted by Gasteiger charge is 2.34. The van der Waals surface area contributed by atoms with Crippen molar-refractivity contribution < 1.29 is 0 Å². The molecule has 0 aromatic carbocycles. The molecule has 0 spiro atoms. The highest BCUT2D eigenvalue weighted by molar-refractivity contribution is 5.49. The fraction of sp³-hybridized carbons (Fsp3) is 0.615. The highest BCUT2D eigenvalue weighted by Crippen LogP contribution is 2.29. The normalized spacial score (nSPS) is 32.7. The largest absolute Gasteiger partial charge is 0.380 e. The summed E-state index contributed by atoms with van der Waals surface area (Å²) < 4.78 is 0. The van der Waals surface area contributed by atoms with Gasteiger partial charge in [0.1, 0.15) is 0 Å². The maximum atomic E-state index is 4.20. The zero-order valence-corrected chi connectivity index (χ0v) is 9.82. The molecule has 2 bridgehead atoms. The molecule has 0 amide bonds.